The SMILES string of the molecule is FC=C(F)CCCCF. The molecule has 3 heteroatoms. The molecule has 0 fully saturated rings. The van der Waals surface area contributed by atoms with Crippen molar-refractivity contribution >= 4 is 0 Å². The van der Waals surface area contributed by atoms with E-state index in [-0.39, 0.29) is 12.8 Å². The van der Waals surface area contributed by atoms with E-state index in [2.05, 4.69) is 0 Å². The predicted molar refractivity (Wildman–Crippen MR) is 30.1 cm³/mol. The maximum absolute atomic E-state index is 11.8. The first-order chi connectivity index (χ1) is 4.31. The fourth-order valence-corrected chi connectivity index (χ4v) is 0.443. The minimum atomic E-state index is -0.802. The zero-order chi connectivity index (χ0) is 7.11. The van der Waals surface area contributed by atoms with Gasteiger partial charge in [-0.15, -0.1) is 0 Å². The smallest absolute Gasteiger partial charge is 0.128 e. The summed E-state index contributed by atoms with van der Waals surface area (Å²) >= 11 is 0. The quantitative estimate of drug-likeness (QED) is 0.524. The second-order valence-corrected chi connectivity index (χ2v) is 1.70. The molecule has 0 bridgehead atoms. The van der Waals surface area contributed by atoms with Gasteiger partial charge in [-0.25, -0.2) is 8.78 Å². The van der Waals surface area contributed by atoms with Crippen molar-refractivity contribution in [1.29, 1.82) is 0 Å². The molecule has 0 spiro atoms. The van der Waals surface area contributed by atoms with E-state index in [0.717, 1.165) is 0 Å². The van der Waals surface area contributed by atoms with Crippen molar-refractivity contribution in [3.8, 4) is 0 Å². The Morgan fingerprint density at radius 1 is 1.33 bits per heavy atom. The second-order valence-electron chi connectivity index (χ2n) is 1.70. The van der Waals surface area contributed by atoms with Gasteiger partial charge in [0.2, 0.25) is 0 Å². The van der Waals surface area contributed by atoms with Gasteiger partial charge in [-0.2, -0.15) is 0 Å². The van der Waals surface area contributed by atoms with E-state index < -0.39 is 12.5 Å². The lowest BCUT2D eigenvalue weighted by molar-refractivity contribution is 0.447. The second kappa shape index (κ2) is 5.66. The molecule has 9 heavy (non-hydrogen) atoms. The summed E-state index contributed by atoms with van der Waals surface area (Å²) < 4.78 is 34.3. The van der Waals surface area contributed by atoms with Gasteiger partial charge in [0.25, 0.3) is 0 Å². The summed E-state index contributed by atoms with van der Waals surface area (Å²) in [6.45, 7) is -0.459. The highest BCUT2D eigenvalue weighted by Crippen LogP contribution is 2.08. The first kappa shape index (κ1) is 8.53. The predicted octanol–water partition coefficient (Wildman–Crippen LogP) is 2.91. The molecule has 0 N–H and O–H groups in total. The van der Waals surface area contributed by atoms with E-state index in [9.17, 15) is 13.2 Å². The number of hydrogen-bond donors (Lipinski definition) is 0. The van der Waals surface area contributed by atoms with Crippen LogP contribution in [0.4, 0.5) is 13.2 Å². The summed E-state index contributed by atoms with van der Waals surface area (Å²) in [5.74, 6) is -0.802. The van der Waals surface area contributed by atoms with Gasteiger partial charge in [-0.05, 0) is 12.8 Å². The monoisotopic (exact) mass is 138 g/mol. The van der Waals surface area contributed by atoms with Crippen LogP contribution in [0.15, 0.2) is 12.2 Å². The van der Waals surface area contributed by atoms with Gasteiger partial charge in [0.05, 0.1) is 6.67 Å². The lowest BCUT2D eigenvalue weighted by Crippen LogP contribution is -1.78. The van der Waals surface area contributed by atoms with Crippen molar-refractivity contribution in [2.75, 3.05) is 6.67 Å². The molecule has 0 unspecified atom stereocenters. The van der Waals surface area contributed by atoms with Gasteiger partial charge in [0.1, 0.15) is 12.2 Å². The maximum Gasteiger partial charge on any atom is 0.128 e. The summed E-state index contributed by atoms with van der Waals surface area (Å²) in [4.78, 5) is 0. The van der Waals surface area contributed by atoms with Crippen LogP contribution in [0.3, 0.4) is 0 Å². The molecule has 0 aromatic rings. The molecule has 0 nitrogen and oxygen atoms in total. The Morgan fingerprint density at radius 2 is 2.00 bits per heavy atom. The zero-order valence-corrected chi connectivity index (χ0v) is 5.04. The zero-order valence-electron chi connectivity index (χ0n) is 5.04. The topological polar surface area (TPSA) is 0 Å². The Hall–Kier alpha value is -0.470. The Kier molecular flexibility index (Phi) is 5.37. The van der Waals surface area contributed by atoms with Gasteiger partial charge in [0.15, 0.2) is 0 Å². The first-order valence-electron chi connectivity index (χ1n) is 2.82. The molecule has 0 aromatic carbocycles. The Labute approximate surface area is 52.4 Å². The Morgan fingerprint density at radius 3 is 2.44 bits per heavy atom. The fraction of sp³-hybridized carbons (Fsp3) is 0.667. The number of rotatable bonds is 4. The summed E-state index contributed by atoms with van der Waals surface area (Å²) in [5.41, 5.74) is 0. The van der Waals surface area contributed by atoms with Crippen molar-refractivity contribution in [2.45, 2.75) is 19.3 Å². The minimum absolute atomic E-state index is 0.0143. The van der Waals surface area contributed by atoms with Crippen LogP contribution >= 0.6 is 0 Å². The van der Waals surface area contributed by atoms with Crippen LogP contribution in [0.25, 0.3) is 0 Å². The molecule has 54 valence electrons. The molecular formula is C6H9F3. The lowest BCUT2D eigenvalue weighted by atomic mass is 10.2. The van der Waals surface area contributed by atoms with E-state index >= 15 is 0 Å². The molecule has 0 rings (SSSR count). The van der Waals surface area contributed by atoms with Crippen LogP contribution in [0.2, 0.25) is 0 Å². The molecular weight excluding hydrogens is 129 g/mol. The molecule has 0 saturated heterocycles. The van der Waals surface area contributed by atoms with E-state index in [0.29, 0.717) is 12.8 Å². The number of halogens is 3. The largest absolute Gasteiger partial charge is 0.251 e. The Balaban J connectivity index is 3.07. The molecule has 0 aliphatic heterocycles. The first-order valence-corrected chi connectivity index (χ1v) is 2.82. The fourth-order valence-electron chi connectivity index (χ4n) is 0.443. The third-order valence-corrected chi connectivity index (χ3v) is 0.918. The van der Waals surface area contributed by atoms with Crippen molar-refractivity contribution in [3.05, 3.63) is 12.2 Å². The average Bonchev–Trinajstić information content (AvgIpc) is 1.89. The molecule has 0 amide bonds. The van der Waals surface area contributed by atoms with Crippen LogP contribution in [0, 0.1) is 0 Å². The van der Waals surface area contributed by atoms with Crippen molar-refractivity contribution in [3.63, 3.8) is 0 Å². The van der Waals surface area contributed by atoms with Crippen LogP contribution in [-0.4, -0.2) is 6.67 Å². The summed E-state index contributed by atoms with van der Waals surface area (Å²) in [7, 11) is 0. The standard InChI is InChI=1S/C6H9F3/c7-4-2-1-3-6(9)5-8/h5H,1-4H2. The van der Waals surface area contributed by atoms with Crippen LogP contribution in [0.5, 0.6) is 0 Å². The molecule has 0 aliphatic rings. The molecule has 0 radical (unpaired) electrons. The number of allylic oxidation sites excluding steroid dienone is 1. The van der Waals surface area contributed by atoms with E-state index in [4.69, 9.17) is 0 Å². The summed E-state index contributed by atoms with van der Waals surface area (Å²) in [5, 5.41) is 0. The summed E-state index contributed by atoms with van der Waals surface area (Å²) in [6, 6.07) is 0. The lowest BCUT2D eigenvalue weighted by Gasteiger charge is -1.91. The molecule has 0 atom stereocenters. The molecule has 0 saturated carbocycles. The summed E-state index contributed by atoms with van der Waals surface area (Å²) in [6.07, 6.45) is 0.614. The third kappa shape index (κ3) is 5.40. The van der Waals surface area contributed by atoms with Crippen molar-refractivity contribution in [1.82, 2.24) is 0 Å². The van der Waals surface area contributed by atoms with Crippen molar-refractivity contribution in [2.24, 2.45) is 0 Å². The number of alkyl halides is 1. The molecule has 0 aliphatic carbocycles. The maximum atomic E-state index is 11.8. The third-order valence-electron chi connectivity index (χ3n) is 0.918. The van der Waals surface area contributed by atoms with Crippen molar-refractivity contribution < 1.29 is 13.2 Å². The molecule has 0 heterocycles. The highest BCUT2D eigenvalue weighted by Gasteiger charge is 1.93. The van der Waals surface area contributed by atoms with E-state index in [1.807, 2.05) is 0 Å². The van der Waals surface area contributed by atoms with E-state index in [1.165, 1.54) is 0 Å². The van der Waals surface area contributed by atoms with Crippen LogP contribution < -0.4 is 0 Å². The minimum Gasteiger partial charge on any atom is -0.251 e. The average molecular weight is 138 g/mol. The van der Waals surface area contributed by atoms with Gasteiger partial charge >= 0.3 is 0 Å². The van der Waals surface area contributed by atoms with Gasteiger partial charge in [0, 0.05) is 6.42 Å². The number of unbranched alkanes of at least 4 members (excludes halogenated alkanes) is 1. The molecule has 0 aromatic heterocycles. The highest BCUT2D eigenvalue weighted by molar-refractivity contribution is 4.83. The van der Waals surface area contributed by atoms with Gasteiger partial charge in [-0.1, -0.05) is 0 Å². The Bertz CT molecular complexity index is 88.3. The van der Waals surface area contributed by atoms with E-state index in [1.54, 1.807) is 0 Å². The highest BCUT2D eigenvalue weighted by atomic mass is 19.2. The van der Waals surface area contributed by atoms with Gasteiger partial charge < -0.3 is 0 Å². The van der Waals surface area contributed by atoms with Gasteiger partial charge in [-0.3, -0.25) is 4.39 Å². The normalized spacial score (nSPS) is 12.1. The van der Waals surface area contributed by atoms with Crippen LogP contribution in [0.1, 0.15) is 19.3 Å². The number of hydrogen-bond acceptors (Lipinski definition) is 0. The van der Waals surface area contributed by atoms with Crippen LogP contribution in [-0.2, 0) is 0 Å².